The van der Waals surface area contributed by atoms with Gasteiger partial charge in [0.1, 0.15) is 17.1 Å². The molecule has 0 heterocycles. The van der Waals surface area contributed by atoms with Crippen molar-refractivity contribution in [1.82, 2.24) is 0 Å². The van der Waals surface area contributed by atoms with Crippen LogP contribution in [0.4, 0.5) is 10.1 Å². The van der Waals surface area contributed by atoms with Gasteiger partial charge in [-0.05, 0) is 31.2 Å². The topological polar surface area (TPSA) is 40.5 Å². The lowest BCUT2D eigenvalue weighted by molar-refractivity contribution is 0.0981. The predicted molar refractivity (Wildman–Crippen MR) is 71.9 cm³/mol. The number of anilines is 1. The van der Waals surface area contributed by atoms with Crippen LogP contribution in [-0.4, -0.2) is 17.6 Å². The number of amides is 1. The molecule has 98 valence electrons. The van der Waals surface area contributed by atoms with Gasteiger partial charge in [-0.2, -0.15) is 0 Å². The lowest BCUT2D eigenvalue weighted by Gasteiger charge is -2.21. The first-order chi connectivity index (χ1) is 9.15. The van der Waals surface area contributed by atoms with Crippen LogP contribution >= 0.6 is 0 Å². The van der Waals surface area contributed by atoms with E-state index >= 15 is 0 Å². The number of hydrogen-bond acceptors (Lipinski definition) is 2. The fraction of sp³-hybridized carbons (Fsp3) is 0.133. The van der Waals surface area contributed by atoms with Crippen LogP contribution in [0.3, 0.4) is 0 Å². The first kappa shape index (κ1) is 13.1. The largest absolute Gasteiger partial charge is 0.507 e. The first-order valence-electron chi connectivity index (χ1n) is 5.99. The van der Waals surface area contributed by atoms with Crippen LogP contribution in [-0.2, 0) is 0 Å². The maximum Gasteiger partial charge on any atom is 0.265 e. The Morgan fingerprint density at radius 3 is 2.42 bits per heavy atom. The minimum Gasteiger partial charge on any atom is -0.507 e. The second-order valence-corrected chi connectivity index (χ2v) is 4.02. The van der Waals surface area contributed by atoms with E-state index < -0.39 is 11.7 Å². The zero-order valence-corrected chi connectivity index (χ0v) is 10.5. The Hall–Kier alpha value is -2.36. The van der Waals surface area contributed by atoms with Crippen LogP contribution in [0.2, 0.25) is 0 Å². The molecular weight excluding hydrogens is 245 g/mol. The third-order valence-corrected chi connectivity index (χ3v) is 2.83. The second-order valence-electron chi connectivity index (χ2n) is 4.02. The van der Waals surface area contributed by atoms with Gasteiger partial charge in [0.2, 0.25) is 0 Å². The summed E-state index contributed by atoms with van der Waals surface area (Å²) in [6, 6.07) is 12.8. The molecule has 0 saturated heterocycles. The van der Waals surface area contributed by atoms with E-state index in [9.17, 15) is 14.3 Å². The summed E-state index contributed by atoms with van der Waals surface area (Å²) in [5, 5.41) is 9.67. The fourth-order valence-electron chi connectivity index (χ4n) is 1.91. The fourth-order valence-corrected chi connectivity index (χ4v) is 1.91. The summed E-state index contributed by atoms with van der Waals surface area (Å²) in [6.07, 6.45) is 0. The van der Waals surface area contributed by atoms with Crippen molar-refractivity contribution in [1.29, 1.82) is 0 Å². The van der Waals surface area contributed by atoms with Crippen molar-refractivity contribution < 1.29 is 14.3 Å². The molecule has 1 N–H and O–H groups in total. The second kappa shape index (κ2) is 5.52. The highest BCUT2D eigenvalue weighted by Gasteiger charge is 2.22. The highest BCUT2D eigenvalue weighted by Crippen LogP contribution is 2.24. The lowest BCUT2D eigenvalue weighted by atomic mass is 10.1. The van der Waals surface area contributed by atoms with E-state index in [0.29, 0.717) is 12.2 Å². The van der Waals surface area contributed by atoms with E-state index in [1.165, 1.54) is 17.0 Å². The normalized spacial score (nSPS) is 10.2. The van der Waals surface area contributed by atoms with E-state index in [-0.39, 0.29) is 11.3 Å². The van der Waals surface area contributed by atoms with Crippen LogP contribution in [0.1, 0.15) is 17.3 Å². The molecule has 2 aromatic rings. The highest BCUT2D eigenvalue weighted by molar-refractivity contribution is 6.07. The Morgan fingerprint density at radius 2 is 1.84 bits per heavy atom. The van der Waals surface area contributed by atoms with Crippen LogP contribution in [0.25, 0.3) is 0 Å². The number of benzene rings is 2. The minimum atomic E-state index is -0.723. The maximum absolute atomic E-state index is 13.7. The van der Waals surface area contributed by atoms with Crippen molar-refractivity contribution in [3.8, 4) is 5.75 Å². The van der Waals surface area contributed by atoms with Crippen LogP contribution in [0, 0.1) is 5.82 Å². The Bertz CT molecular complexity index is 564. The highest BCUT2D eigenvalue weighted by atomic mass is 19.1. The van der Waals surface area contributed by atoms with Gasteiger partial charge in [-0.1, -0.05) is 24.3 Å². The average molecular weight is 259 g/mol. The van der Waals surface area contributed by atoms with Gasteiger partial charge in [0.05, 0.1) is 0 Å². The first-order valence-corrected chi connectivity index (χ1v) is 5.99. The predicted octanol–water partition coefficient (Wildman–Crippen LogP) is 3.20. The van der Waals surface area contributed by atoms with E-state index in [4.69, 9.17) is 0 Å². The molecule has 1 amide bonds. The molecule has 0 fully saturated rings. The van der Waals surface area contributed by atoms with Crippen molar-refractivity contribution in [2.24, 2.45) is 0 Å². The Morgan fingerprint density at radius 1 is 1.16 bits per heavy atom. The van der Waals surface area contributed by atoms with Crippen LogP contribution in [0.15, 0.2) is 48.5 Å². The number of phenolic OH excluding ortho intramolecular Hbond substituents is 1. The maximum atomic E-state index is 13.7. The molecule has 0 unspecified atom stereocenters. The van der Waals surface area contributed by atoms with Crippen molar-refractivity contribution in [3.63, 3.8) is 0 Å². The molecule has 0 aliphatic carbocycles. The van der Waals surface area contributed by atoms with Gasteiger partial charge in [0, 0.05) is 12.2 Å². The SMILES string of the molecule is CCN(C(=O)c1c(O)cccc1F)c1ccccc1. The summed E-state index contributed by atoms with van der Waals surface area (Å²) < 4.78 is 13.7. The number of carbonyl (C=O) groups excluding carboxylic acids is 1. The van der Waals surface area contributed by atoms with E-state index in [2.05, 4.69) is 0 Å². The van der Waals surface area contributed by atoms with Gasteiger partial charge in [-0.15, -0.1) is 0 Å². The molecule has 2 rings (SSSR count). The molecule has 0 aliphatic heterocycles. The summed E-state index contributed by atoms with van der Waals surface area (Å²) in [5.74, 6) is -1.62. The van der Waals surface area contributed by atoms with E-state index in [0.717, 1.165) is 6.07 Å². The number of rotatable bonds is 3. The van der Waals surface area contributed by atoms with E-state index in [1.807, 2.05) is 6.07 Å². The number of hydrogen-bond donors (Lipinski definition) is 1. The number of nitrogens with zero attached hydrogens (tertiary/aromatic N) is 1. The van der Waals surface area contributed by atoms with Gasteiger partial charge >= 0.3 is 0 Å². The van der Waals surface area contributed by atoms with Gasteiger partial charge in [-0.3, -0.25) is 4.79 Å². The summed E-state index contributed by atoms with van der Waals surface area (Å²) in [4.78, 5) is 13.8. The van der Waals surface area contributed by atoms with Crippen molar-refractivity contribution in [2.75, 3.05) is 11.4 Å². The molecular formula is C15H14FNO2. The molecule has 0 aliphatic rings. The molecule has 0 radical (unpaired) electrons. The molecule has 0 bridgehead atoms. The molecule has 3 nitrogen and oxygen atoms in total. The zero-order chi connectivity index (χ0) is 13.8. The molecule has 0 saturated carbocycles. The summed E-state index contributed by atoms with van der Waals surface area (Å²) in [6.45, 7) is 2.18. The molecule has 0 atom stereocenters. The van der Waals surface area contributed by atoms with Crippen molar-refractivity contribution >= 4 is 11.6 Å². The smallest absolute Gasteiger partial charge is 0.265 e. The number of phenols is 1. The van der Waals surface area contributed by atoms with Crippen molar-refractivity contribution in [3.05, 3.63) is 59.9 Å². The third-order valence-electron chi connectivity index (χ3n) is 2.83. The Kier molecular flexibility index (Phi) is 3.80. The monoisotopic (exact) mass is 259 g/mol. The van der Waals surface area contributed by atoms with Gasteiger partial charge in [0.15, 0.2) is 0 Å². The third kappa shape index (κ3) is 2.57. The summed E-state index contributed by atoms with van der Waals surface area (Å²) >= 11 is 0. The summed E-state index contributed by atoms with van der Waals surface area (Å²) in [7, 11) is 0. The zero-order valence-electron chi connectivity index (χ0n) is 10.5. The van der Waals surface area contributed by atoms with Gasteiger partial charge in [-0.25, -0.2) is 4.39 Å². The molecule has 0 spiro atoms. The minimum absolute atomic E-state index is 0.298. The molecule has 0 aromatic heterocycles. The van der Waals surface area contributed by atoms with Crippen LogP contribution in [0.5, 0.6) is 5.75 Å². The number of halogens is 1. The number of carbonyl (C=O) groups is 1. The number of aromatic hydroxyl groups is 1. The van der Waals surface area contributed by atoms with E-state index in [1.54, 1.807) is 31.2 Å². The van der Waals surface area contributed by atoms with Crippen LogP contribution < -0.4 is 4.90 Å². The lowest BCUT2D eigenvalue weighted by Crippen LogP contribution is -2.31. The summed E-state index contributed by atoms with van der Waals surface area (Å²) in [5.41, 5.74) is 0.367. The Balaban J connectivity index is 2.42. The molecule has 2 aromatic carbocycles. The number of para-hydroxylation sites is 1. The van der Waals surface area contributed by atoms with Gasteiger partial charge in [0.25, 0.3) is 5.91 Å². The standard InChI is InChI=1S/C15H14FNO2/c1-2-17(11-7-4-3-5-8-11)15(19)14-12(16)9-6-10-13(14)18/h3-10,18H,2H2,1H3. The molecule has 19 heavy (non-hydrogen) atoms. The molecule has 4 heteroatoms. The Labute approximate surface area is 110 Å². The average Bonchev–Trinajstić information content (AvgIpc) is 2.40. The van der Waals surface area contributed by atoms with Gasteiger partial charge < -0.3 is 10.0 Å². The quantitative estimate of drug-likeness (QED) is 0.919. The van der Waals surface area contributed by atoms with Crippen molar-refractivity contribution in [2.45, 2.75) is 6.92 Å².